The summed E-state index contributed by atoms with van der Waals surface area (Å²) in [6.45, 7) is 4.94. The van der Waals surface area contributed by atoms with Gasteiger partial charge in [0.25, 0.3) is 0 Å². The Labute approximate surface area is 172 Å². The Morgan fingerprint density at radius 3 is 2.31 bits per heavy atom. The van der Waals surface area contributed by atoms with Crippen LogP contribution in [0, 0.1) is 0 Å². The van der Waals surface area contributed by atoms with Crippen molar-refractivity contribution in [1.82, 2.24) is 10.6 Å². The first-order valence-electron chi connectivity index (χ1n) is 9.55. The molecule has 0 bridgehead atoms. The molecule has 158 valence electrons. The van der Waals surface area contributed by atoms with Crippen molar-refractivity contribution in [2.45, 2.75) is 32.5 Å². The molecule has 0 aliphatic heterocycles. The molecule has 0 heterocycles. The zero-order valence-electron chi connectivity index (χ0n) is 17.4. The van der Waals surface area contributed by atoms with Gasteiger partial charge in [-0.25, -0.2) is 4.79 Å². The maximum absolute atomic E-state index is 12.2. The Hall–Kier alpha value is -2.77. The number of aliphatic hydroxyl groups excluding tert-OH is 1. The smallest absolute Gasteiger partial charge is 0.315 e. The minimum Gasteiger partial charge on any atom is -0.493 e. The Morgan fingerprint density at radius 1 is 1.00 bits per heavy atom. The largest absolute Gasteiger partial charge is 0.493 e. The number of aliphatic hydroxyl groups is 1. The molecule has 2 aromatic rings. The van der Waals surface area contributed by atoms with Crippen LogP contribution >= 0.6 is 0 Å². The third-order valence-electron chi connectivity index (χ3n) is 4.50. The highest BCUT2D eigenvalue weighted by atomic mass is 16.5. The number of rotatable bonds is 10. The van der Waals surface area contributed by atoms with Gasteiger partial charge in [0.1, 0.15) is 6.61 Å². The van der Waals surface area contributed by atoms with E-state index in [9.17, 15) is 9.90 Å². The topological polar surface area (TPSA) is 89.1 Å². The van der Waals surface area contributed by atoms with Gasteiger partial charge in [-0.3, -0.25) is 0 Å². The van der Waals surface area contributed by atoms with Crippen LogP contribution in [-0.2, 0) is 11.3 Å². The standard InChI is InChI=1S/C22H30N2O5/c1-15(19-9-10-20(21(13-19)28-4)29-12-11-27-3)24-22(26)23-14-17-5-7-18(8-6-17)16(2)25/h5-10,13,15-16,25H,11-12,14H2,1-4H3,(H2,23,24,26). The number of hydrogen-bond donors (Lipinski definition) is 3. The first-order valence-corrected chi connectivity index (χ1v) is 9.55. The van der Waals surface area contributed by atoms with Crippen molar-refractivity contribution < 1.29 is 24.1 Å². The normalized spacial score (nSPS) is 12.7. The second-order valence-electron chi connectivity index (χ2n) is 6.72. The van der Waals surface area contributed by atoms with E-state index in [2.05, 4.69) is 10.6 Å². The average Bonchev–Trinajstić information content (AvgIpc) is 2.72. The van der Waals surface area contributed by atoms with Crippen LogP contribution in [-0.4, -0.2) is 38.6 Å². The van der Waals surface area contributed by atoms with Crippen LogP contribution in [0.1, 0.15) is 42.7 Å². The maximum Gasteiger partial charge on any atom is 0.315 e. The molecule has 0 aromatic heterocycles. The predicted molar refractivity (Wildman–Crippen MR) is 111 cm³/mol. The molecule has 3 N–H and O–H groups in total. The molecule has 0 fully saturated rings. The van der Waals surface area contributed by atoms with Crippen molar-refractivity contribution in [3.05, 3.63) is 59.2 Å². The van der Waals surface area contributed by atoms with Crippen LogP contribution in [0.5, 0.6) is 11.5 Å². The summed E-state index contributed by atoms with van der Waals surface area (Å²) in [6.07, 6.45) is -0.505. The van der Waals surface area contributed by atoms with E-state index in [1.54, 1.807) is 21.1 Å². The van der Waals surface area contributed by atoms with Crippen molar-refractivity contribution >= 4 is 6.03 Å². The van der Waals surface area contributed by atoms with E-state index in [4.69, 9.17) is 14.2 Å². The number of nitrogens with one attached hydrogen (secondary N) is 2. The molecule has 0 aliphatic rings. The SMILES string of the molecule is COCCOc1ccc(C(C)NC(=O)NCc2ccc(C(C)O)cc2)cc1OC. The third kappa shape index (κ3) is 6.96. The molecule has 2 unspecified atom stereocenters. The van der Waals surface area contributed by atoms with Crippen molar-refractivity contribution in [2.75, 3.05) is 27.4 Å². The lowest BCUT2D eigenvalue weighted by molar-refractivity contribution is 0.144. The summed E-state index contributed by atoms with van der Waals surface area (Å²) in [6, 6.07) is 12.6. The maximum atomic E-state index is 12.2. The zero-order valence-corrected chi connectivity index (χ0v) is 17.4. The van der Waals surface area contributed by atoms with Gasteiger partial charge in [0.2, 0.25) is 0 Å². The van der Waals surface area contributed by atoms with Gasteiger partial charge in [-0.15, -0.1) is 0 Å². The van der Waals surface area contributed by atoms with Crippen molar-refractivity contribution in [2.24, 2.45) is 0 Å². The van der Waals surface area contributed by atoms with Crippen LogP contribution in [0.3, 0.4) is 0 Å². The predicted octanol–water partition coefficient (Wildman–Crippen LogP) is 3.33. The van der Waals surface area contributed by atoms with Crippen LogP contribution in [0.4, 0.5) is 4.79 Å². The van der Waals surface area contributed by atoms with Crippen LogP contribution in [0.15, 0.2) is 42.5 Å². The molecule has 0 aliphatic carbocycles. The minimum atomic E-state index is -0.505. The number of amides is 2. The lowest BCUT2D eigenvalue weighted by atomic mass is 10.1. The molecule has 0 radical (unpaired) electrons. The van der Waals surface area contributed by atoms with Crippen LogP contribution < -0.4 is 20.1 Å². The zero-order chi connectivity index (χ0) is 21.2. The monoisotopic (exact) mass is 402 g/mol. The Balaban J connectivity index is 1.89. The number of hydrogen-bond acceptors (Lipinski definition) is 5. The van der Waals surface area contributed by atoms with E-state index in [0.29, 0.717) is 31.3 Å². The molecular weight excluding hydrogens is 372 g/mol. The summed E-state index contributed by atoms with van der Waals surface area (Å²) in [5, 5.41) is 15.3. The first-order chi connectivity index (χ1) is 13.9. The number of urea groups is 1. The van der Waals surface area contributed by atoms with E-state index in [-0.39, 0.29) is 12.1 Å². The second kappa shape index (κ2) is 11.3. The molecular formula is C22H30N2O5. The lowest BCUT2D eigenvalue weighted by Crippen LogP contribution is -2.36. The van der Waals surface area contributed by atoms with Gasteiger partial charge in [-0.1, -0.05) is 30.3 Å². The number of carbonyl (C=O) groups is 1. The summed E-state index contributed by atoms with van der Waals surface area (Å²) >= 11 is 0. The van der Waals surface area contributed by atoms with Crippen molar-refractivity contribution in [3.8, 4) is 11.5 Å². The summed E-state index contributed by atoms with van der Waals surface area (Å²) in [4.78, 5) is 12.2. The van der Waals surface area contributed by atoms with Gasteiger partial charge >= 0.3 is 6.03 Å². The number of benzene rings is 2. The molecule has 29 heavy (non-hydrogen) atoms. The van der Waals surface area contributed by atoms with Gasteiger partial charge in [-0.2, -0.15) is 0 Å². The average molecular weight is 402 g/mol. The molecule has 2 atom stereocenters. The summed E-state index contributed by atoms with van der Waals surface area (Å²) < 4.78 is 16.0. The van der Waals surface area contributed by atoms with E-state index >= 15 is 0 Å². The van der Waals surface area contributed by atoms with Crippen LogP contribution in [0.25, 0.3) is 0 Å². The Bertz CT molecular complexity index is 777. The fraction of sp³-hybridized carbons (Fsp3) is 0.409. The fourth-order valence-electron chi connectivity index (χ4n) is 2.74. The minimum absolute atomic E-state index is 0.213. The Kier molecular flexibility index (Phi) is 8.76. The first kappa shape index (κ1) is 22.5. The van der Waals surface area contributed by atoms with Gasteiger partial charge in [0, 0.05) is 13.7 Å². The summed E-state index contributed by atoms with van der Waals surface area (Å²) in [7, 11) is 3.20. The van der Waals surface area contributed by atoms with Gasteiger partial charge < -0.3 is 30.0 Å². The highest BCUT2D eigenvalue weighted by Gasteiger charge is 2.13. The van der Waals surface area contributed by atoms with E-state index in [1.165, 1.54) is 0 Å². The van der Waals surface area contributed by atoms with Crippen molar-refractivity contribution in [3.63, 3.8) is 0 Å². The molecule has 7 nitrogen and oxygen atoms in total. The molecule has 0 saturated heterocycles. The summed E-state index contributed by atoms with van der Waals surface area (Å²) in [5.41, 5.74) is 2.70. The fourth-order valence-corrected chi connectivity index (χ4v) is 2.74. The molecule has 2 aromatic carbocycles. The highest BCUT2D eigenvalue weighted by molar-refractivity contribution is 5.74. The Morgan fingerprint density at radius 2 is 1.69 bits per heavy atom. The molecule has 2 amide bonds. The van der Waals surface area contributed by atoms with Crippen molar-refractivity contribution in [1.29, 1.82) is 0 Å². The molecule has 0 spiro atoms. The molecule has 0 saturated carbocycles. The van der Waals surface area contributed by atoms with Gasteiger partial charge in [0.15, 0.2) is 11.5 Å². The molecule has 7 heteroatoms. The number of ether oxygens (including phenoxy) is 3. The lowest BCUT2D eigenvalue weighted by Gasteiger charge is -2.17. The molecule has 2 rings (SSSR count). The number of methoxy groups -OCH3 is 2. The van der Waals surface area contributed by atoms with E-state index in [1.807, 2.05) is 49.4 Å². The van der Waals surface area contributed by atoms with Gasteiger partial charge in [-0.05, 0) is 42.7 Å². The summed E-state index contributed by atoms with van der Waals surface area (Å²) in [5.74, 6) is 1.23. The van der Waals surface area contributed by atoms with Crippen LogP contribution in [0.2, 0.25) is 0 Å². The third-order valence-corrected chi connectivity index (χ3v) is 4.50. The van der Waals surface area contributed by atoms with E-state index in [0.717, 1.165) is 16.7 Å². The quantitative estimate of drug-likeness (QED) is 0.531. The highest BCUT2D eigenvalue weighted by Crippen LogP contribution is 2.30. The number of carbonyl (C=O) groups excluding carboxylic acids is 1. The van der Waals surface area contributed by atoms with E-state index < -0.39 is 6.10 Å². The second-order valence-corrected chi connectivity index (χ2v) is 6.72. The van der Waals surface area contributed by atoms with Gasteiger partial charge in [0.05, 0.1) is 25.9 Å².